The van der Waals surface area contributed by atoms with Gasteiger partial charge in [-0.05, 0) is 63.1 Å². The van der Waals surface area contributed by atoms with Crippen LogP contribution in [-0.4, -0.2) is 141 Å². The SMILES string of the molecule is CC1(C)SSCC[C@H](NC(=O)[C@@H](N)CCCN=C(N)N)C(=O)N[C@@H](CO)C(=O)N[C@H](Cc2ccccc2)C(=O)N[C@@H](CCCN=C(N)N)C(=O)N[C@@H](Cc2c[nH]c3ccccc23)C(=O)N[C@@H]1C(=O)O. The molecule has 7 atom stereocenters. The van der Waals surface area contributed by atoms with Crippen molar-refractivity contribution in [2.24, 2.45) is 38.7 Å². The number of aromatic amines is 1. The number of carbonyl (C=O) groups excluding carboxylic acids is 6. The van der Waals surface area contributed by atoms with Crippen LogP contribution in [-0.2, 0) is 46.4 Å². The van der Waals surface area contributed by atoms with Crippen molar-refractivity contribution in [2.75, 3.05) is 25.4 Å². The predicted octanol–water partition coefficient (Wildman–Crippen LogP) is -2.06. The highest BCUT2D eigenvalue weighted by molar-refractivity contribution is 8.77. The zero-order valence-corrected chi connectivity index (χ0v) is 40.1. The number of amides is 6. The van der Waals surface area contributed by atoms with Crippen molar-refractivity contribution in [3.63, 3.8) is 0 Å². The van der Waals surface area contributed by atoms with Gasteiger partial charge in [0.05, 0.1) is 17.4 Å². The Kier molecular flexibility index (Phi) is 21.4. The van der Waals surface area contributed by atoms with Crippen LogP contribution in [0, 0.1) is 0 Å². The van der Waals surface area contributed by atoms with Gasteiger partial charge in [0.1, 0.15) is 36.3 Å². The van der Waals surface area contributed by atoms with Crippen LogP contribution in [0.5, 0.6) is 0 Å². The smallest absolute Gasteiger partial charge is 0.327 e. The summed E-state index contributed by atoms with van der Waals surface area (Å²) in [5, 5.41) is 37.5. The van der Waals surface area contributed by atoms with Gasteiger partial charge in [0.25, 0.3) is 0 Å². The van der Waals surface area contributed by atoms with Gasteiger partial charge in [-0.3, -0.25) is 38.8 Å². The monoisotopic (exact) mass is 996 g/mol. The van der Waals surface area contributed by atoms with Gasteiger partial charge in [-0.1, -0.05) is 70.1 Å². The maximum Gasteiger partial charge on any atom is 0.327 e. The molecule has 0 unspecified atom stereocenters. The number of nitrogens with zero attached hydrogens (tertiary/aromatic N) is 2. The fraction of sp³-hybridized carbons (Fsp3) is 0.477. The number of benzene rings is 2. The maximum atomic E-state index is 14.5. The second-order valence-corrected chi connectivity index (χ2v) is 19.9. The van der Waals surface area contributed by atoms with Crippen LogP contribution in [0.1, 0.15) is 57.1 Å². The number of carbonyl (C=O) groups is 7. The molecule has 0 aliphatic carbocycles. The number of H-pyrrole nitrogens is 1. The number of aliphatic carboxylic acids is 1. The molecule has 6 amide bonds. The summed E-state index contributed by atoms with van der Waals surface area (Å²) in [5.41, 5.74) is 30.0. The molecule has 3 aromatic rings. The van der Waals surface area contributed by atoms with Crippen LogP contribution in [0.15, 0.2) is 70.8 Å². The number of para-hydroxylation sites is 1. The third-order valence-corrected chi connectivity index (χ3v) is 14.3. The lowest BCUT2D eigenvalue weighted by atomic mass is 10.00. The van der Waals surface area contributed by atoms with Gasteiger partial charge in [-0.25, -0.2) is 4.79 Å². The van der Waals surface area contributed by atoms with Gasteiger partial charge in [0.15, 0.2) is 11.9 Å². The van der Waals surface area contributed by atoms with Gasteiger partial charge in [0, 0.05) is 48.8 Å². The van der Waals surface area contributed by atoms with Crippen LogP contribution in [0.4, 0.5) is 0 Å². The van der Waals surface area contributed by atoms with E-state index in [1.807, 2.05) is 18.2 Å². The zero-order valence-electron chi connectivity index (χ0n) is 38.4. The Hall–Kier alpha value is -6.57. The number of carboxylic acid groups (broad SMARTS) is 1. The van der Waals surface area contributed by atoms with E-state index < -0.39 is 95.1 Å². The van der Waals surface area contributed by atoms with Crippen molar-refractivity contribution in [1.29, 1.82) is 0 Å². The standard InChI is InChI=1S/C44H64N14O9S2/c1-44(2)34(41(66)67)58-39(64)32(21-25-22-52-28-14-7-6-12-26(25)28)56-36(61)29(15-9-18-51-43(48)49)54-38(63)31(20-24-10-4-3-5-11-24)55-40(65)33(23-59)57-37(62)30(16-19-68-69-44)53-35(60)27(45)13-8-17-50-42(46)47/h3-7,10-12,14,22,27,29-34,52,59H,8-9,13,15-21,23,45H2,1-2H3,(H,53,60)(H,54,63)(H,55,65)(H,56,61)(H,57,62)(H,58,64)(H,66,67)(H4,46,47,50)(H4,48,49,51)/t27-,29-,30-,31+,32-,33-,34+/m0/s1. The van der Waals surface area contributed by atoms with E-state index in [-0.39, 0.29) is 69.3 Å². The molecule has 1 aliphatic rings. The number of aliphatic hydroxyl groups is 1. The highest BCUT2D eigenvalue weighted by Gasteiger charge is 2.40. The lowest BCUT2D eigenvalue weighted by molar-refractivity contribution is -0.143. The lowest BCUT2D eigenvalue weighted by Gasteiger charge is -2.32. The molecule has 1 fully saturated rings. The number of hydrogen-bond acceptors (Lipinski definition) is 13. The minimum absolute atomic E-state index is 0.0567. The van der Waals surface area contributed by atoms with Crippen molar-refractivity contribution in [1.82, 2.24) is 36.9 Å². The summed E-state index contributed by atoms with van der Waals surface area (Å²) in [6.07, 6.45) is 1.97. The Morgan fingerprint density at radius 3 is 1.99 bits per heavy atom. The Bertz CT molecular complexity index is 2310. The summed E-state index contributed by atoms with van der Waals surface area (Å²) in [5.74, 6) is -6.65. The van der Waals surface area contributed by atoms with E-state index in [1.165, 1.54) is 0 Å². The predicted molar refractivity (Wildman–Crippen MR) is 265 cm³/mol. The van der Waals surface area contributed by atoms with Crippen LogP contribution in [0.25, 0.3) is 10.9 Å². The summed E-state index contributed by atoms with van der Waals surface area (Å²) in [4.78, 5) is 108. The number of fused-ring (bicyclic) bond motifs is 1. The molecule has 2 heterocycles. The minimum atomic E-state index is -1.64. The van der Waals surface area contributed by atoms with Crippen LogP contribution >= 0.6 is 21.6 Å². The summed E-state index contributed by atoms with van der Waals surface area (Å²) < 4.78 is -1.24. The molecule has 23 nitrogen and oxygen atoms in total. The van der Waals surface area contributed by atoms with E-state index in [0.717, 1.165) is 32.5 Å². The van der Waals surface area contributed by atoms with Gasteiger partial charge >= 0.3 is 5.97 Å². The first kappa shape index (κ1) is 55.0. The molecule has 4 rings (SSSR count). The highest BCUT2D eigenvalue weighted by Crippen LogP contribution is 2.39. The van der Waals surface area contributed by atoms with Gasteiger partial charge in [-0.15, -0.1) is 0 Å². The molecule has 0 radical (unpaired) electrons. The number of aromatic nitrogens is 1. The van der Waals surface area contributed by atoms with Crippen molar-refractivity contribution < 1.29 is 43.8 Å². The van der Waals surface area contributed by atoms with Gasteiger partial charge in [0.2, 0.25) is 35.4 Å². The number of nitrogens with one attached hydrogen (secondary N) is 7. The van der Waals surface area contributed by atoms with E-state index in [4.69, 9.17) is 28.7 Å². The van der Waals surface area contributed by atoms with E-state index in [9.17, 15) is 43.8 Å². The first-order valence-electron chi connectivity index (χ1n) is 22.2. The number of guanidine groups is 2. The van der Waals surface area contributed by atoms with Crippen molar-refractivity contribution in [3.05, 3.63) is 71.9 Å². The number of carboxylic acids is 1. The number of aliphatic imine (C=N–C) groups is 2. The van der Waals surface area contributed by atoms with Crippen LogP contribution < -0.4 is 60.6 Å². The number of hydrogen-bond donors (Lipinski definition) is 14. The zero-order chi connectivity index (χ0) is 50.7. The minimum Gasteiger partial charge on any atom is -0.480 e. The third kappa shape index (κ3) is 17.5. The van der Waals surface area contributed by atoms with Crippen LogP contribution in [0.3, 0.4) is 0 Å². The van der Waals surface area contributed by atoms with Gasteiger partial charge in [-0.2, -0.15) is 0 Å². The van der Waals surface area contributed by atoms with Crippen molar-refractivity contribution in [2.45, 2.75) is 106 Å². The molecule has 0 bridgehead atoms. The Morgan fingerprint density at radius 2 is 1.33 bits per heavy atom. The average molecular weight is 997 g/mol. The molecule has 1 aliphatic heterocycles. The second-order valence-electron chi connectivity index (χ2n) is 16.8. The van der Waals surface area contributed by atoms with E-state index in [0.29, 0.717) is 17.5 Å². The molecule has 2 aromatic carbocycles. The molecule has 0 saturated carbocycles. The Balaban J connectivity index is 1.76. The fourth-order valence-electron chi connectivity index (χ4n) is 7.23. The molecular formula is C44H64N14O9S2. The van der Waals surface area contributed by atoms with Gasteiger partial charge < -0.3 is 75.8 Å². The number of aliphatic hydroxyl groups excluding tert-OH is 1. The summed E-state index contributed by atoms with van der Waals surface area (Å²) >= 11 is 0. The lowest BCUT2D eigenvalue weighted by Crippen LogP contribution is -2.61. The highest BCUT2D eigenvalue weighted by atomic mass is 33.1. The van der Waals surface area contributed by atoms with E-state index in [1.54, 1.807) is 56.4 Å². The third-order valence-electron chi connectivity index (χ3n) is 11.0. The fourth-order valence-corrected chi connectivity index (χ4v) is 9.94. The first-order chi connectivity index (χ1) is 32.8. The van der Waals surface area contributed by atoms with E-state index >= 15 is 0 Å². The molecule has 1 aromatic heterocycles. The molecule has 19 N–H and O–H groups in total. The quantitative estimate of drug-likeness (QED) is 0.0317. The summed E-state index contributed by atoms with van der Waals surface area (Å²) in [6, 6.07) is 6.13. The number of nitrogens with two attached hydrogens (primary N) is 5. The molecule has 69 heavy (non-hydrogen) atoms. The maximum absolute atomic E-state index is 14.5. The topological polar surface area (TPSA) is 403 Å². The van der Waals surface area contributed by atoms with Crippen LogP contribution in [0.2, 0.25) is 0 Å². The average Bonchev–Trinajstić information content (AvgIpc) is 3.71. The summed E-state index contributed by atoms with van der Waals surface area (Å²) in [7, 11) is 2.24. The summed E-state index contributed by atoms with van der Waals surface area (Å²) in [6.45, 7) is 2.52. The normalized spacial score (nSPS) is 22.5. The number of rotatable bonds is 16. The van der Waals surface area contributed by atoms with Crippen molar-refractivity contribution in [3.8, 4) is 0 Å². The Labute approximate surface area is 406 Å². The molecule has 1 saturated heterocycles. The van der Waals surface area contributed by atoms with E-state index in [2.05, 4.69) is 46.9 Å². The molecule has 0 spiro atoms. The second kappa shape index (κ2) is 26.8. The Morgan fingerprint density at radius 1 is 0.768 bits per heavy atom. The molecule has 25 heteroatoms. The first-order valence-corrected chi connectivity index (χ1v) is 24.5. The molecular weight excluding hydrogens is 933 g/mol. The molecule has 376 valence electrons. The van der Waals surface area contributed by atoms with Crippen molar-refractivity contribution >= 4 is 85.8 Å². The largest absolute Gasteiger partial charge is 0.480 e.